The summed E-state index contributed by atoms with van der Waals surface area (Å²) in [5.41, 5.74) is 6.31. The fraction of sp³-hybridized carbons (Fsp3) is 0.269. The molecule has 0 amide bonds. The van der Waals surface area contributed by atoms with Gasteiger partial charge in [-0.1, -0.05) is 50.1 Å². The van der Waals surface area contributed by atoms with Crippen molar-refractivity contribution in [3.63, 3.8) is 0 Å². The van der Waals surface area contributed by atoms with Gasteiger partial charge in [-0.3, -0.25) is 0 Å². The van der Waals surface area contributed by atoms with E-state index in [2.05, 4.69) is 19.1 Å². The van der Waals surface area contributed by atoms with Crippen molar-refractivity contribution in [2.45, 2.75) is 45.4 Å². The molecule has 1 aliphatic rings. The van der Waals surface area contributed by atoms with Gasteiger partial charge in [0.2, 0.25) is 0 Å². The van der Waals surface area contributed by atoms with Gasteiger partial charge in [-0.15, -0.1) is 0 Å². The first kappa shape index (κ1) is 19.3. The standard InChI is InChI=1S/C26H23F2N/c1-2-3-4-5-23-25(27)15-24-21-12-10-19(18-8-6-17(16-29)7-9-18)14-20(21)11-13-22(24)26(23)28/h6-10,12,14-15H,2-5,11,13H2,1H3. The molecule has 3 heteroatoms. The Kier molecular flexibility index (Phi) is 5.45. The Bertz CT molecular complexity index is 1090. The number of nitriles is 1. The minimum atomic E-state index is -0.429. The zero-order valence-electron chi connectivity index (χ0n) is 16.6. The van der Waals surface area contributed by atoms with E-state index in [9.17, 15) is 4.39 Å². The van der Waals surface area contributed by atoms with Crippen LogP contribution in [0.2, 0.25) is 0 Å². The summed E-state index contributed by atoms with van der Waals surface area (Å²) in [6, 6.07) is 17.2. The molecule has 0 spiro atoms. The lowest BCUT2D eigenvalue weighted by atomic mass is 9.82. The first-order valence-corrected chi connectivity index (χ1v) is 10.3. The summed E-state index contributed by atoms with van der Waals surface area (Å²) < 4.78 is 29.8. The molecule has 4 rings (SSSR count). The molecule has 3 aromatic rings. The summed E-state index contributed by atoms with van der Waals surface area (Å²) in [6.07, 6.45) is 4.62. The molecule has 0 fully saturated rings. The van der Waals surface area contributed by atoms with E-state index in [0.717, 1.165) is 47.9 Å². The lowest BCUT2D eigenvalue weighted by molar-refractivity contribution is 0.536. The second-order valence-corrected chi connectivity index (χ2v) is 7.70. The molecule has 0 heterocycles. The Labute approximate surface area is 170 Å². The fourth-order valence-corrected chi connectivity index (χ4v) is 4.21. The van der Waals surface area contributed by atoms with Crippen LogP contribution in [0.15, 0.2) is 48.5 Å². The van der Waals surface area contributed by atoms with Gasteiger partial charge in [-0.25, -0.2) is 8.78 Å². The Morgan fingerprint density at radius 1 is 0.897 bits per heavy atom. The third kappa shape index (κ3) is 3.68. The van der Waals surface area contributed by atoms with Crippen molar-refractivity contribution < 1.29 is 8.78 Å². The number of halogens is 2. The zero-order chi connectivity index (χ0) is 20.4. The lowest BCUT2D eigenvalue weighted by Gasteiger charge is -2.23. The van der Waals surface area contributed by atoms with Crippen LogP contribution < -0.4 is 0 Å². The molecule has 3 aromatic carbocycles. The molecule has 0 aromatic heterocycles. The molecule has 0 unspecified atom stereocenters. The SMILES string of the molecule is CCCCCc1c(F)cc2c(c1F)CCc1cc(-c3ccc(C#N)cc3)ccc1-2. The van der Waals surface area contributed by atoms with Gasteiger partial charge in [0.1, 0.15) is 11.6 Å². The minimum absolute atomic E-state index is 0.245. The Hall–Kier alpha value is -2.99. The summed E-state index contributed by atoms with van der Waals surface area (Å²) in [5, 5.41) is 8.96. The number of benzene rings is 3. The van der Waals surface area contributed by atoms with E-state index in [1.165, 1.54) is 6.07 Å². The largest absolute Gasteiger partial charge is 0.207 e. The van der Waals surface area contributed by atoms with Crippen LogP contribution in [0.3, 0.4) is 0 Å². The highest BCUT2D eigenvalue weighted by molar-refractivity contribution is 5.78. The van der Waals surface area contributed by atoms with Crippen LogP contribution in [-0.4, -0.2) is 0 Å². The average Bonchev–Trinajstić information content (AvgIpc) is 2.75. The first-order valence-electron chi connectivity index (χ1n) is 10.3. The fourth-order valence-electron chi connectivity index (χ4n) is 4.21. The van der Waals surface area contributed by atoms with Crippen molar-refractivity contribution in [3.05, 3.63) is 82.4 Å². The molecule has 0 atom stereocenters. The van der Waals surface area contributed by atoms with Crippen LogP contribution >= 0.6 is 0 Å². The highest BCUT2D eigenvalue weighted by Crippen LogP contribution is 2.39. The number of fused-ring (bicyclic) bond motifs is 3. The van der Waals surface area contributed by atoms with E-state index in [0.29, 0.717) is 29.5 Å². The number of unbranched alkanes of at least 4 members (excludes halogenated alkanes) is 2. The van der Waals surface area contributed by atoms with Crippen LogP contribution in [0.4, 0.5) is 8.78 Å². The van der Waals surface area contributed by atoms with Gasteiger partial charge in [-0.05, 0) is 77.3 Å². The molecule has 0 radical (unpaired) electrons. The molecule has 1 nitrogen and oxygen atoms in total. The molecule has 0 bridgehead atoms. The van der Waals surface area contributed by atoms with Gasteiger partial charge in [-0.2, -0.15) is 5.26 Å². The number of hydrogen-bond acceptors (Lipinski definition) is 1. The van der Waals surface area contributed by atoms with Crippen LogP contribution in [0.25, 0.3) is 22.3 Å². The highest BCUT2D eigenvalue weighted by atomic mass is 19.1. The van der Waals surface area contributed by atoms with E-state index in [4.69, 9.17) is 5.26 Å². The molecule has 146 valence electrons. The topological polar surface area (TPSA) is 23.8 Å². The number of nitrogens with zero attached hydrogens (tertiary/aromatic N) is 1. The Morgan fingerprint density at radius 3 is 2.38 bits per heavy atom. The summed E-state index contributed by atoms with van der Waals surface area (Å²) in [4.78, 5) is 0. The van der Waals surface area contributed by atoms with Gasteiger partial charge in [0.25, 0.3) is 0 Å². The van der Waals surface area contributed by atoms with Gasteiger partial charge < -0.3 is 0 Å². The maximum absolute atomic E-state index is 15.1. The predicted octanol–water partition coefficient (Wildman–Crippen LogP) is 7.00. The molecular formula is C26H23F2N. The van der Waals surface area contributed by atoms with E-state index < -0.39 is 5.82 Å². The molecule has 0 aliphatic heterocycles. The molecule has 1 aliphatic carbocycles. The Morgan fingerprint density at radius 2 is 1.66 bits per heavy atom. The molecular weight excluding hydrogens is 364 g/mol. The van der Waals surface area contributed by atoms with Crippen molar-refractivity contribution in [1.29, 1.82) is 5.26 Å². The average molecular weight is 387 g/mol. The summed E-state index contributed by atoms with van der Waals surface area (Å²) in [7, 11) is 0. The van der Waals surface area contributed by atoms with Crippen molar-refractivity contribution in [2.75, 3.05) is 0 Å². The van der Waals surface area contributed by atoms with Gasteiger partial charge >= 0.3 is 0 Å². The predicted molar refractivity (Wildman–Crippen MR) is 113 cm³/mol. The van der Waals surface area contributed by atoms with Gasteiger partial charge in [0.05, 0.1) is 11.6 Å². The third-order valence-corrected chi connectivity index (χ3v) is 5.83. The lowest BCUT2D eigenvalue weighted by Crippen LogP contribution is -2.10. The number of aryl methyl sites for hydroxylation is 1. The van der Waals surface area contributed by atoms with Crippen LogP contribution in [0.1, 0.15) is 48.4 Å². The smallest absolute Gasteiger partial charge is 0.133 e. The van der Waals surface area contributed by atoms with Crippen LogP contribution in [-0.2, 0) is 19.3 Å². The highest BCUT2D eigenvalue weighted by Gasteiger charge is 2.24. The van der Waals surface area contributed by atoms with E-state index >= 15 is 4.39 Å². The van der Waals surface area contributed by atoms with Gasteiger partial charge in [0.15, 0.2) is 0 Å². The second-order valence-electron chi connectivity index (χ2n) is 7.70. The summed E-state index contributed by atoms with van der Waals surface area (Å²) in [6.45, 7) is 2.09. The van der Waals surface area contributed by atoms with Crippen molar-refractivity contribution in [3.8, 4) is 28.3 Å². The van der Waals surface area contributed by atoms with Gasteiger partial charge in [0, 0.05) is 5.56 Å². The number of rotatable bonds is 5. The molecule has 0 N–H and O–H groups in total. The molecule has 0 saturated heterocycles. The van der Waals surface area contributed by atoms with E-state index in [-0.39, 0.29) is 11.4 Å². The summed E-state index contributed by atoms with van der Waals surface area (Å²) >= 11 is 0. The third-order valence-electron chi connectivity index (χ3n) is 5.83. The van der Waals surface area contributed by atoms with Crippen LogP contribution in [0, 0.1) is 23.0 Å². The van der Waals surface area contributed by atoms with Crippen molar-refractivity contribution >= 4 is 0 Å². The molecule has 0 saturated carbocycles. The second kappa shape index (κ2) is 8.17. The number of hydrogen-bond donors (Lipinski definition) is 0. The zero-order valence-corrected chi connectivity index (χ0v) is 16.6. The first-order chi connectivity index (χ1) is 14.1. The Balaban J connectivity index is 1.70. The maximum atomic E-state index is 15.1. The van der Waals surface area contributed by atoms with Crippen molar-refractivity contribution in [2.24, 2.45) is 0 Å². The minimum Gasteiger partial charge on any atom is -0.207 e. The maximum Gasteiger partial charge on any atom is 0.133 e. The van der Waals surface area contributed by atoms with E-state index in [1.807, 2.05) is 24.3 Å². The van der Waals surface area contributed by atoms with E-state index in [1.54, 1.807) is 12.1 Å². The molecule has 29 heavy (non-hydrogen) atoms. The van der Waals surface area contributed by atoms with Crippen LogP contribution in [0.5, 0.6) is 0 Å². The van der Waals surface area contributed by atoms with Crippen molar-refractivity contribution in [1.82, 2.24) is 0 Å². The summed E-state index contributed by atoms with van der Waals surface area (Å²) in [5.74, 6) is -0.778. The quantitative estimate of drug-likeness (QED) is 0.432. The normalized spacial score (nSPS) is 12.2. The monoisotopic (exact) mass is 387 g/mol.